The number of aryl methyl sites for hydroxylation is 1. The normalized spacial score (nSPS) is 24.0. The van der Waals surface area contributed by atoms with Gasteiger partial charge in [0.25, 0.3) is 5.91 Å². The van der Waals surface area contributed by atoms with Crippen LogP contribution in [0.2, 0.25) is 0 Å². The minimum Gasteiger partial charge on any atom is -0.382 e. The van der Waals surface area contributed by atoms with Crippen molar-refractivity contribution >= 4 is 23.2 Å². The Kier molecular flexibility index (Phi) is 7.97. The number of rotatable bonds is 6. The fourth-order valence-electron chi connectivity index (χ4n) is 7.36. The second-order valence-electron chi connectivity index (χ2n) is 12.1. The summed E-state index contributed by atoms with van der Waals surface area (Å²) < 4.78 is 42.8. The molecule has 1 saturated heterocycles. The maximum absolute atomic E-state index is 15.2. The molecule has 0 aromatic heterocycles. The summed E-state index contributed by atoms with van der Waals surface area (Å²) >= 11 is 0. The van der Waals surface area contributed by atoms with Crippen molar-refractivity contribution in [3.63, 3.8) is 0 Å². The highest BCUT2D eigenvalue weighted by Gasteiger charge is 2.50. The van der Waals surface area contributed by atoms with Crippen molar-refractivity contribution in [1.82, 2.24) is 4.90 Å². The summed E-state index contributed by atoms with van der Waals surface area (Å²) in [5, 5.41) is 6.35. The molecular weight excluding hydrogens is 539 g/mol. The predicted molar refractivity (Wildman–Crippen MR) is 157 cm³/mol. The van der Waals surface area contributed by atoms with Crippen molar-refractivity contribution in [3.05, 3.63) is 94.8 Å². The molecule has 2 unspecified atom stereocenters. The lowest BCUT2D eigenvalue weighted by Gasteiger charge is -2.48. The summed E-state index contributed by atoms with van der Waals surface area (Å²) in [5.41, 5.74) is 2.47. The van der Waals surface area contributed by atoms with E-state index in [1.165, 1.54) is 25.0 Å². The molecule has 3 aliphatic rings. The first kappa shape index (κ1) is 28.3. The van der Waals surface area contributed by atoms with Crippen molar-refractivity contribution in [1.29, 1.82) is 0 Å². The van der Waals surface area contributed by atoms with E-state index in [2.05, 4.69) is 10.6 Å². The Morgan fingerprint density at radius 2 is 1.55 bits per heavy atom. The van der Waals surface area contributed by atoms with E-state index < -0.39 is 35.3 Å². The molecule has 0 bridgehead atoms. The predicted octanol–water partition coefficient (Wildman–Crippen LogP) is 7.78. The topological polar surface area (TPSA) is 61.4 Å². The molecule has 220 valence electrons. The molecule has 3 aromatic carbocycles. The number of halogens is 3. The van der Waals surface area contributed by atoms with Gasteiger partial charge in [0, 0.05) is 29.5 Å². The van der Waals surface area contributed by atoms with Crippen molar-refractivity contribution in [2.75, 3.05) is 10.6 Å². The van der Waals surface area contributed by atoms with Crippen LogP contribution in [-0.4, -0.2) is 28.8 Å². The van der Waals surface area contributed by atoms with Gasteiger partial charge in [-0.05, 0) is 86.4 Å². The van der Waals surface area contributed by atoms with Gasteiger partial charge in [0.2, 0.25) is 5.91 Å². The highest BCUT2D eigenvalue weighted by molar-refractivity contribution is 5.98. The number of likely N-dealkylation sites (tertiary alicyclic amines) is 1. The number of anilines is 2. The molecule has 42 heavy (non-hydrogen) atoms. The molecule has 3 fully saturated rings. The van der Waals surface area contributed by atoms with Crippen molar-refractivity contribution < 1.29 is 22.8 Å². The molecule has 2 aliphatic carbocycles. The van der Waals surface area contributed by atoms with Crippen LogP contribution in [0, 0.1) is 36.2 Å². The highest BCUT2D eigenvalue weighted by atomic mass is 19.2. The molecule has 0 radical (unpaired) electrons. The number of hydrogen-bond acceptors (Lipinski definition) is 3. The van der Waals surface area contributed by atoms with Crippen LogP contribution in [0.4, 0.5) is 24.5 Å². The molecule has 2 N–H and O–H groups in total. The lowest BCUT2D eigenvalue weighted by Crippen LogP contribution is -2.54. The Bertz CT molecular complexity index is 1450. The van der Waals surface area contributed by atoms with Crippen LogP contribution >= 0.6 is 0 Å². The van der Waals surface area contributed by atoms with Crippen LogP contribution in [-0.2, 0) is 4.79 Å². The van der Waals surface area contributed by atoms with E-state index in [1.807, 2.05) is 24.3 Å². The number of benzene rings is 3. The molecule has 2 saturated carbocycles. The third kappa shape index (κ3) is 5.51. The van der Waals surface area contributed by atoms with Crippen LogP contribution in [0.25, 0.3) is 0 Å². The average molecular weight is 576 g/mol. The minimum absolute atomic E-state index is 0.0225. The van der Waals surface area contributed by atoms with Gasteiger partial charge in [-0.2, -0.15) is 0 Å². The Morgan fingerprint density at radius 3 is 2.26 bits per heavy atom. The van der Waals surface area contributed by atoms with Crippen LogP contribution in [0.5, 0.6) is 0 Å². The standard InChI is InChI=1S/C34H36F3N3O2/c1-20-6-4-10-28(36)31(20)34(42)40-30-11-5-7-22(30)18-26(33(41)39-25-16-17-27(35)29(37)19-25)32(40)21-12-14-24(15-13-21)38-23-8-2-3-9-23/h4,6,10,12-17,19,22-23,26,30,32,38H,2-3,5,7-9,11,18H2,1H3,(H,39,41)/t22-,26?,30-,32?/m0/s1. The molecule has 1 aliphatic heterocycles. The van der Waals surface area contributed by atoms with Gasteiger partial charge in [0.15, 0.2) is 11.6 Å². The monoisotopic (exact) mass is 575 g/mol. The number of carbonyl (C=O) groups excluding carboxylic acids is 2. The minimum atomic E-state index is -1.05. The Labute approximate surface area is 244 Å². The van der Waals surface area contributed by atoms with E-state index in [4.69, 9.17) is 0 Å². The number of nitrogens with one attached hydrogen (secondary N) is 2. The Hall–Kier alpha value is -3.81. The third-order valence-corrected chi connectivity index (χ3v) is 9.39. The van der Waals surface area contributed by atoms with E-state index in [1.54, 1.807) is 24.0 Å². The Morgan fingerprint density at radius 1 is 0.810 bits per heavy atom. The number of fused-ring (bicyclic) bond motifs is 1. The van der Waals surface area contributed by atoms with Gasteiger partial charge >= 0.3 is 0 Å². The second-order valence-corrected chi connectivity index (χ2v) is 12.1. The van der Waals surface area contributed by atoms with Gasteiger partial charge in [-0.25, -0.2) is 13.2 Å². The Balaban J connectivity index is 1.39. The van der Waals surface area contributed by atoms with E-state index in [0.717, 1.165) is 55.5 Å². The number of carbonyl (C=O) groups is 2. The number of hydrogen-bond donors (Lipinski definition) is 2. The fraction of sp³-hybridized carbons (Fsp3) is 0.412. The maximum Gasteiger partial charge on any atom is 0.257 e. The number of nitrogens with zero attached hydrogens (tertiary/aromatic N) is 1. The van der Waals surface area contributed by atoms with Crippen LogP contribution in [0.15, 0.2) is 60.7 Å². The molecule has 6 rings (SSSR count). The summed E-state index contributed by atoms with van der Waals surface area (Å²) in [6.45, 7) is 1.72. The first-order valence-electron chi connectivity index (χ1n) is 15.0. The molecule has 1 heterocycles. The SMILES string of the molecule is Cc1cccc(F)c1C(=O)N1C(c2ccc(NC3CCCC3)cc2)C(C(=O)Nc2ccc(F)c(F)c2)C[C@@H]2CCC[C@@H]21. The van der Waals surface area contributed by atoms with E-state index in [-0.39, 0.29) is 29.1 Å². The lowest BCUT2D eigenvalue weighted by atomic mass is 9.76. The van der Waals surface area contributed by atoms with Crippen LogP contribution in [0.1, 0.15) is 78.9 Å². The van der Waals surface area contributed by atoms with Crippen LogP contribution < -0.4 is 10.6 Å². The van der Waals surface area contributed by atoms with Crippen molar-refractivity contribution in [2.24, 2.45) is 11.8 Å². The molecule has 2 amide bonds. The van der Waals surface area contributed by atoms with E-state index >= 15 is 4.39 Å². The number of amides is 2. The molecule has 3 aromatic rings. The summed E-state index contributed by atoms with van der Waals surface area (Å²) in [6.07, 6.45) is 7.75. The van der Waals surface area contributed by atoms with E-state index in [9.17, 15) is 18.4 Å². The zero-order valence-corrected chi connectivity index (χ0v) is 23.7. The maximum atomic E-state index is 15.2. The first-order chi connectivity index (χ1) is 20.3. The van der Waals surface area contributed by atoms with Crippen molar-refractivity contribution in [2.45, 2.75) is 76.4 Å². The molecule has 0 spiro atoms. The molecule has 8 heteroatoms. The average Bonchev–Trinajstić information content (AvgIpc) is 3.66. The number of piperidine rings is 1. The van der Waals surface area contributed by atoms with Gasteiger partial charge in [0.1, 0.15) is 5.82 Å². The van der Waals surface area contributed by atoms with Gasteiger partial charge in [-0.3, -0.25) is 9.59 Å². The smallest absolute Gasteiger partial charge is 0.257 e. The van der Waals surface area contributed by atoms with Gasteiger partial charge in [-0.1, -0.05) is 43.5 Å². The largest absolute Gasteiger partial charge is 0.382 e. The third-order valence-electron chi connectivity index (χ3n) is 9.39. The summed E-state index contributed by atoms with van der Waals surface area (Å²) in [6, 6.07) is 15.3. The summed E-state index contributed by atoms with van der Waals surface area (Å²) in [4.78, 5) is 30.0. The van der Waals surface area contributed by atoms with Crippen molar-refractivity contribution in [3.8, 4) is 0 Å². The van der Waals surface area contributed by atoms with Gasteiger partial charge in [-0.15, -0.1) is 0 Å². The molecule has 4 atom stereocenters. The second kappa shape index (κ2) is 11.8. The van der Waals surface area contributed by atoms with Gasteiger partial charge in [0.05, 0.1) is 17.5 Å². The molecule has 5 nitrogen and oxygen atoms in total. The molecular formula is C34H36F3N3O2. The zero-order valence-electron chi connectivity index (χ0n) is 23.7. The van der Waals surface area contributed by atoms with Crippen LogP contribution in [0.3, 0.4) is 0 Å². The first-order valence-corrected chi connectivity index (χ1v) is 15.0. The fourth-order valence-corrected chi connectivity index (χ4v) is 7.36. The summed E-state index contributed by atoms with van der Waals surface area (Å²) in [5.74, 6) is -4.05. The van der Waals surface area contributed by atoms with E-state index in [0.29, 0.717) is 18.0 Å². The van der Waals surface area contributed by atoms with Gasteiger partial charge < -0.3 is 15.5 Å². The summed E-state index contributed by atoms with van der Waals surface area (Å²) in [7, 11) is 0. The highest BCUT2D eigenvalue weighted by Crippen LogP contribution is 2.49. The quantitative estimate of drug-likeness (QED) is 0.316. The zero-order chi connectivity index (χ0) is 29.4. The lowest BCUT2D eigenvalue weighted by molar-refractivity contribution is -0.125.